The van der Waals surface area contributed by atoms with Gasteiger partial charge in [-0.05, 0) is 269 Å². The van der Waals surface area contributed by atoms with Crippen molar-refractivity contribution in [3.63, 3.8) is 0 Å². The first kappa shape index (κ1) is 69.6. The van der Waals surface area contributed by atoms with E-state index in [0.717, 1.165) is 153 Å². The second-order valence-electron chi connectivity index (χ2n) is 34.8. The Labute approximate surface area is 730 Å². The molecule has 588 valence electrons. The molecule has 0 spiro atoms. The van der Waals surface area contributed by atoms with Crippen molar-refractivity contribution in [3.05, 3.63) is 413 Å². The number of rotatable bonds is 6. The molecule has 0 N–H and O–H groups in total. The maximum atomic E-state index is 6.78. The first-order valence-electron chi connectivity index (χ1n) is 44.1. The molecule has 4 nitrogen and oxygen atoms in total. The van der Waals surface area contributed by atoms with Crippen molar-refractivity contribution < 1.29 is 17.7 Å². The summed E-state index contributed by atoms with van der Waals surface area (Å²) in [4.78, 5) is 0. The Kier molecular flexibility index (Phi) is 14.3. The molecule has 4 heterocycles. The van der Waals surface area contributed by atoms with Crippen LogP contribution in [0.4, 0.5) is 0 Å². The molecule has 30 aromatic rings. The normalized spacial score (nSPS) is 12.4. The number of hydrogen-bond acceptors (Lipinski definition) is 4. The largest absolute Gasteiger partial charge is 0.455 e. The molecule has 0 aliphatic rings. The van der Waals surface area contributed by atoms with Crippen LogP contribution >= 0.6 is 0 Å². The van der Waals surface area contributed by atoms with Gasteiger partial charge < -0.3 is 17.7 Å². The molecule has 0 unspecified atom stereocenters. The summed E-state index contributed by atoms with van der Waals surface area (Å²) in [5, 5.41) is 43.0. The zero-order valence-electron chi connectivity index (χ0n) is 68.9. The van der Waals surface area contributed by atoms with Gasteiger partial charge in [-0.1, -0.05) is 340 Å². The molecule has 0 aliphatic carbocycles. The van der Waals surface area contributed by atoms with Crippen LogP contribution in [0, 0.1) is 0 Å². The molecule has 128 heavy (non-hydrogen) atoms. The minimum atomic E-state index is 0.893. The van der Waals surface area contributed by atoms with Gasteiger partial charge in [-0.3, -0.25) is 0 Å². The molecule has 0 aliphatic heterocycles. The van der Waals surface area contributed by atoms with E-state index in [1.54, 1.807) is 0 Å². The number of para-hydroxylation sites is 4. The van der Waals surface area contributed by atoms with Gasteiger partial charge in [0.05, 0.1) is 0 Å². The molecule has 26 aromatic carbocycles. The topological polar surface area (TPSA) is 52.6 Å². The summed E-state index contributed by atoms with van der Waals surface area (Å²) >= 11 is 0. The van der Waals surface area contributed by atoms with E-state index in [-0.39, 0.29) is 0 Å². The Hall–Kier alpha value is -16.9. The summed E-state index contributed by atoms with van der Waals surface area (Å²) in [5.41, 5.74) is 21.5. The lowest BCUT2D eigenvalue weighted by atomic mass is 9.82. The minimum absolute atomic E-state index is 0.893. The molecule has 0 fully saturated rings. The second kappa shape index (κ2) is 26.3. The lowest BCUT2D eigenvalue weighted by molar-refractivity contribution is 0.672. The third-order valence-corrected chi connectivity index (χ3v) is 28.3. The van der Waals surface area contributed by atoms with E-state index >= 15 is 0 Å². The highest BCUT2D eigenvalue weighted by Gasteiger charge is 2.29. The van der Waals surface area contributed by atoms with Crippen LogP contribution in [0.5, 0.6) is 0 Å². The lowest BCUT2D eigenvalue weighted by Crippen LogP contribution is -1.93. The Balaban J connectivity index is 0.000000127. The molecular weight excluding hydrogens is 1550 g/mol. The number of furan rings is 4. The van der Waals surface area contributed by atoms with Gasteiger partial charge in [0, 0.05) is 64.6 Å². The molecule has 0 radical (unpaired) electrons. The van der Waals surface area contributed by atoms with Crippen LogP contribution in [0.2, 0.25) is 0 Å². The van der Waals surface area contributed by atoms with Crippen LogP contribution in [-0.2, 0) is 0 Å². The molecule has 0 atom stereocenters. The highest BCUT2D eigenvalue weighted by molar-refractivity contribution is 6.36. The summed E-state index contributed by atoms with van der Waals surface area (Å²) < 4.78 is 27.1. The number of benzene rings is 26. The van der Waals surface area contributed by atoms with E-state index in [0.29, 0.717) is 0 Å². The van der Waals surface area contributed by atoms with Crippen LogP contribution in [0.3, 0.4) is 0 Å². The monoisotopic (exact) mass is 1620 g/mol. The van der Waals surface area contributed by atoms with Gasteiger partial charge in [-0.15, -0.1) is 0 Å². The number of hydrogen-bond donors (Lipinski definition) is 0. The molecule has 30 rings (SSSR count). The Morgan fingerprint density at radius 1 is 0.109 bits per heavy atom. The van der Waals surface area contributed by atoms with E-state index in [9.17, 15) is 0 Å². The third kappa shape index (κ3) is 9.77. The quantitative estimate of drug-likeness (QED) is 0.123. The average molecular weight is 1620 g/mol. The summed E-state index contributed by atoms with van der Waals surface area (Å²) in [7, 11) is 0. The predicted molar refractivity (Wildman–Crippen MR) is 542 cm³/mol. The fraction of sp³-hybridized carbons (Fsp3) is 0. The van der Waals surface area contributed by atoms with Crippen LogP contribution in [-0.4, -0.2) is 0 Å². The molecule has 0 saturated heterocycles. The predicted octanol–water partition coefficient (Wildman–Crippen LogP) is 36.0. The van der Waals surface area contributed by atoms with Gasteiger partial charge in [-0.2, -0.15) is 0 Å². The van der Waals surface area contributed by atoms with E-state index in [4.69, 9.17) is 17.7 Å². The summed E-state index contributed by atoms with van der Waals surface area (Å²) in [6.45, 7) is 0. The Morgan fingerprint density at radius 3 is 0.617 bits per heavy atom. The van der Waals surface area contributed by atoms with Gasteiger partial charge in [0.25, 0.3) is 0 Å². The van der Waals surface area contributed by atoms with Crippen LogP contribution in [0.25, 0.3) is 305 Å². The van der Waals surface area contributed by atoms with Crippen LogP contribution < -0.4 is 0 Å². The van der Waals surface area contributed by atoms with E-state index in [1.807, 2.05) is 0 Å². The number of fused-ring (bicyclic) bond motifs is 24. The van der Waals surface area contributed by atoms with Crippen molar-refractivity contribution in [1.29, 1.82) is 0 Å². The molecule has 4 heteroatoms. The van der Waals surface area contributed by atoms with Gasteiger partial charge >= 0.3 is 0 Å². The Bertz CT molecular complexity index is 9130. The van der Waals surface area contributed by atoms with E-state index in [1.165, 1.54) is 152 Å². The highest BCUT2D eigenvalue weighted by Crippen LogP contribution is 2.56. The third-order valence-electron chi connectivity index (χ3n) is 28.3. The van der Waals surface area contributed by atoms with Crippen molar-refractivity contribution in [2.24, 2.45) is 0 Å². The molecule has 4 aromatic heterocycles. The SMILES string of the molecule is c1ccc2c(c1)cc(-c1cccc3c(-c4cc5cccc6ccc7cccc4c7c65)c4cccc(-c5cc6ccccc6c6oc7ccccc7c56)c4cc13)c1c3ccccc3oc21.c1ccc2c(c1)cc(-c1cccc3c(-c4cc5cccc6ccc7cccc4c7c65)c4cccc(-c5cc6ccccc6c6oc7ccccc7c56)c4cc13)c1c3ccccc3oc21. The second-order valence-corrected chi connectivity index (χ2v) is 34.8. The first-order valence-corrected chi connectivity index (χ1v) is 44.1. The fourth-order valence-corrected chi connectivity index (χ4v) is 22.9. The van der Waals surface area contributed by atoms with E-state index in [2.05, 4.69) is 413 Å². The summed E-state index contributed by atoms with van der Waals surface area (Å²) in [5.74, 6) is 0. The smallest absolute Gasteiger partial charge is 0.143 e. The van der Waals surface area contributed by atoms with Gasteiger partial charge in [0.15, 0.2) is 0 Å². The summed E-state index contributed by atoms with van der Waals surface area (Å²) in [6, 6.07) is 152. The van der Waals surface area contributed by atoms with Crippen LogP contribution in [0.1, 0.15) is 0 Å². The molecule has 0 saturated carbocycles. The van der Waals surface area contributed by atoms with Crippen molar-refractivity contribution in [2.75, 3.05) is 0 Å². The van der Waals surface area contributed by atoms with Gasteiger partial charge in [-0.25, -0.2) is 0 Å². The highest BCUT2D eigenvalue weighted by atomic mass is 16.3. The van der Waals surface area contributed by atoms with Crippen molar-refractivity contribution in [1.82, 2.24) is 0 Å². The summed E-state index contributed by atoms with van der Waals surface area (Å²) in [6.07, 6.45) is 0. The maximum absolute atomic E-state index is 6.78. The average Bonchev–Trinajstić information content (AvgIpc) is 0.934. The molecular formula is C124H68O4. The van der Waals surface area contributed by atoms with Crippen molar-refractivity contribution >= 4 is 239 Å². The zero-order chi connectivity index (χ0) is 83.2. The Morgan fingerprint density at radius 2 is 0.320 bits per heavy atom. The van der Waals surface area contributed by atoms with Gasteiger partial charge in [0.2, 0.25) is 0 Å². The minimum Gasteiger partial charge on any atom is -0.455 e. The maximum Gasteiger partial charge on any atom is 0.143 e. The fourth-order valence-electron chi connectivity index (χ4n) is 22.9. The molecule has 0 amide bonds. The van der Waals surface area contributed by atoms with Gasteiger partial charge in [0.1, 0.15) is 44.7 Å². The van der Waals surface area contributed by atoms with Crippen molar-refractivity contribution in [3.8, 4) is 66.8 Å². The zero-order valence-corrected chi connectivity index (χ0v) is 68.9. The molecule has 0 bridgehead atoms. The van der Waals surface area contributed by atoms with E-state index < -0.39 is 0 Å². The lowest BCUT2D eigenvalue weighted by Gasteiger charge is -2.21. The first-order chi connectivity index (χ1) is 63.5. The van der Waals surface area contributed by atoms with Crippen molar-refractivity contribution in [2.45, 2.75) is 0 Å². The van der Waals surface area contributed by atoms with Crippen LogP contribution in [0.15, 0.2) is 430 Å². The standard InChI is InChI=1S/2C62H34O2/c2*1-3-18-40-37(13-1)31-51(59-47-20-5-7-27-54(47)63-61(40)59)42-22-11-25-44-49(42)34-50-43(52-32-38-14-2-4-19-41(38)62-60(52)48-21-6-8-28-55(48)64-62)23-12-26-45(50)58(44)53-33-39-17-9-15-35-29-30-36-16-10-24-46(53)57(36)56(35)39/h2*1-34H.